The first-order valence-electron chi connectivity index (χ1n) is 8.46. The number of rotatable bonds is 6. The van der Waals surface area contributed by atoms with E-state index in [1.54, 1.807) is 0 Å². The van der Waals surface area contributed by atoms with Crippen LogP contribution in [0.15, 0.2) is 24.4 Å². The van der Waals surface area contributed by atoms with Gasteiger partial charge in [0.2, 0.25) is 0 Å². The van der Waals surface area contributed by atoms with Crippen molar-refractivity contribution in [2.24, 2.45) is 5.92 Å². The lowest BCUT2D eigenvalue weighted by Crippen LogP contribution is -2.33. The van der Waals surface area contributed by atoms with Crippen LogP contribution < -0.4 is 10.6 Å². The number of aromatic nitrogens is 1. The van der Waals surface area contributed by atoms with Crippen LogP contribution in [0.1, 0.15) is 31.7 Å². The largest absolute Gasteiger partial charge is 0.347 e. The summed E-state index contributed by atoms with van der Waals surface area (Å²) >= 11 is 6.20. The van der Waals surface area contributed by atoms with Crippen LogP contribution in [-0.4, -0.2) is 24.2 Å². The van der Waals surface area contributed by atoms with Crippen LogP contribution in [0.5, 0.6) is 0 Å². The molecule has 1 aliphatic heterocycles. The zero-order valence-corrected chi connectivity index (χ0v) is 14.1. The smallest absolute Gasteiger partial charge is 0.0484 e. The summed E-state index contributed by atoms with van der Waals surface area (Å²) in [6.45, 7) is 7.65. The first-order valence-corrected chi connectivity index (χ1v) is 8.84. The van der Waals surface area contributed by atoms with Crippen LogP contribution in [0.25, 0.3) is 10.9 Å². The third-order valence-electron chi connectivity index (χ3n) is 4.60. The molecule has 2 aromatic rings. The third kappa shape index (κ3) is 3.65. The molecule has 120 valence electrons. The van der Waals surface area contributed by atoms with Gasteiger partial charge >= 0.3 is 0 Å². The Labute approximate surface area is 138 Å². The maximum absolute atomic E-state index is 6.20. The van der Waals surface area contributed by atoms with E-state index in [4.69, 9.17) is 11.6 Å². The molecule has 2 heterocycles. The van der Waals surface area contributed by atoms with Gasteiger partial charge in [0.05, 0.1) is 0 Å². The molecule has 3 nitrogen and oxygen atoms in total. The van der Waals surface area contributed by atoms with Crippen molar-refractivity contribution in [2.75, 3.05) is 19.6 Å². The fourth-order valence-electron chi connectivity index (χ4n) is 3.41. The molecule has 0 bridgehead atoms. The molecule has 1 aromatic heterocycles. The van der Waals surface area contributed by atoms with E-state index < -0.39 is 0 Å². The number of hydrogen-bond donors (Lipinski definition) is 2. The molecule has 0 aliphatic carbocycles. The molecular weight excluding hydrogens is 294 g/mol. The summed E-state index contributed by atoms with van der Waals surface area (Å²) in [5.41, 5.74) is 2.66. The monoisotopic (exact) mass is 319 g/mol. The summed E-state index contributed by atoms with van der Waals surface area (Å²) in [6.07, 6.45) is 6.01. The number of nitrogens with zero attached hydrogens (tertiary/aromatic N) is 1. The highest BCUT2D eigenvalue weighted by molar-refractivity contribution is 6.31. The van der Waals surface area contributed by atoms with Gasteiger partial charge in [-0.05, 0) is 68.6 Å². The SMILES string of the molecule is CCCn1cc(CNCC2CCNCC2)c2cc(Cl)ccc21. The van der Waals surface area contributed by atoms with E-state index in [0.29, 0.717) is 0 Å². The minimum absolute atomic E-state index is 0.814. The Morgan fingerprint density at radius 3 is 2.91 bits per heavy atom. The molecular formula is C18H26ClN3. The van der Waals surface area contributed by atoms with Crippen LogP contribution in [0.2, 0.25) is 5.02 Å². The number of fused-ring (bicyclic) bond motifs is 1. The second-order valence-electron chi connectivity index (χ2n) is 6.33. The Morgan fingerprint density at radius 1 is 1.32 bits per heavy atom. The first kappa shape index (κ1) is 15.9. The molecule has 0 saturated carbocycles. The lowest BCUT2D eigenvalue weighted by molar-refractivity contribution is 0.356. The Morgan fingerprint density at radius 2 is 2.14 bits per heavy atom. The predicted octanol–water partition coefficient (Wildman–Crippen LogP) is 3.79. The van der Waals surface area contributed by atoms with Gasteiger partial charge in [0.1, 0.15) is 0 Å². The van der Waals surface area contributed by atoms with E-state index >= 15 is 0 Å². The van der Waals surface area contributed by atoms with Crippen molar-refractivity contribution in [2.45, 2.75) is 39.3 Å². The number of hydrogen-bond acceptors (Lipinski definition) is 2. The number of benzene rings is 1. The fraction of sp³-hybridized carbons (Fsp3) is 0.556. The van der Waals surface area contributed by atoms with Crippen LogP contribution >= 0.6 is 11.6 Å². The molecule has 1 fully saturated rings. The minimum Gasteiger partial charge on any atom is -0.347 e. The second-order valence-corrected chi connectivity index (χ2v) is 6.77. The van der Waals surface area contributed by atoms with Gasteiger partial charge in [0.15, 0.2) is 0 Å². The Bertz CT molecular complexity index is 614. The molecule has 2 N–H and O–H groups in total. The molecule has 1 saturated heterocycles. The van der Waals surface area contributed by atoms with E-state index in [9.17, 15) is 0 Å². The molecule has 3 rings (SSSR count). The van der Waals surface area contributed by atoms with Gasteiger partial charge in [-0.1, -0.05) is 18.5 Å². The standard InChI is InChI=1S/C18H26ClN3/c1-2-9-22-13-15(17-10-16(19)3-4-18(17)22)12-21-11-14-5-7-20-8-6-14/h3-4,10,13-14,20-21H,2,5-9,11-12H2,1H3. The highest BCUT2D eigenvalue weighted by atomic mass is 35.5. The van der Waals surface area contributed by atoms with Gasteiger partial charge in [-0.2, -0.15) is 0 Å². The van der Waals surface area contributed by atoms with Crippen molar-refractivity contribution in [1.82, 2.24) is 15.2 Å². The summed E-state index contributed by atoms with van der Waals surface area (Å²) in [6, 6.07) is 6.23. The number of nitrogens with one attached hydrogen (secondary N) is 2. The van der Waals surface area contributed by atoms with Gasteiger partial charge in [-0.25, -0.2) is 0 Å². The van der Waals surface area contributed by atoms with E-state index in [0.717, 1.165) is 50.1 Å². The summed E-state index contributed by atoms with van der Waals surface area (Å²) in [4.78, 5) is 0. The van der Waals surface area contributed by atoms with Crippen molar-refractivity contribution in [3.63, 3.8) is 0 Å². The van der Waals surface area contributed by atoms with Crippen molar-refractivity contribution < 1.29 is 0 Å². The van der Waals surface area contributed by atoms with Crippen LogP contribution in [0, 0.1) is 5.92 Å². The minimum atomic E-state index is 0.814. The summed E-state index contributed by atoms with van der Waals surface area (Å²) < 4.78 is 2.35. The number of aryl methyl sites for hydroxylation is 1. The zero-order chi connectivity index (χ0) is 15.4. The molecule has 0 atom stereocenters. The lowest BCUT2D eigenvalue weighted by Gasteiger charge is -2.22. The quantitative estimate of drug-likeness (QED) is 0.848. The number of halogens is 1. The van der Waals surface area contributed by atoms with Crippen molar-refractivity contribution in [3.8, 4) is 0 Å². The van der Waals surface area contributed by atoms with Gasteiger partial charge < -0.3 is 15.2 Å². The van der Waals surface area contributed by atoms with Crippen molar-refractivity contribution >= 4 is 22.5 Å². The molecule has 0 amide bonds. The van der Waals surface area contributed by atoms with Gasteiger partial charge in [0, 0.05) is 35.2 Å². The van der Waals surface area contributed by atoms with E-state index in [1.807, 2.05) is 6.07 Å². The lowest BCUT2D eigenvalue weighted by atomic mass is 9.98. The molecule has 1 aliphatic rings. The van der Waals surface area contributed by atoms with E-state index in [1.165, 1.54) is 29.3 Å². The first-order chi connectivity index (χ1) is 10.8. The topological polar surface area (TPSA) is 29.0 Å². The van der Waals surface area contributed by atoms with Crippen LogP contribution in [0.4, 0.5) is 0 Å². The molecule has 0 radical (unpaired) electrons. The summed E-state index contributed by atoms with van der Waals surface area (Å²) in [7, 11) is 0. The zero-order valence-electron chi connectivity index (χ0n) is 13.4. The number of piperidine rings is 1. The average Bonchev–Trinajstić information content (AvgIpc) is 2.86. The maximum Gasteiger partial charge on any atom is 0.0484 e. The normalized spacial score (nSPS) is 16.5. The van der Waals surface area contributed by atoms with Crippen LogP contribution in [0.3, 0.4) is 0 Å². The summed E-state index contributed by atoms with van der Waals surface area (Å²) in [5, 5.41) is 9.19. The van der Waals surface area contributed by atoms with Gasteiger partial charge in [-0.15, -0.1) is 0 Å². The predicted molar refractivity (Wildman–Crippen MR) is 94.5 cm³/mol. The van der Waals surface area contributed by atoms with Crippen molar-refractivity contribution in [1.29, 1.82) is 0 Å². The Hall–Kier alpha value is -1.03. The second kappa shape index (κ2) is 7.49. The highest BCUT2D eigenvalue weighted by Crippen LogP contribution is 2.25. The molecule has 0 unspecified atom stereocenters. The van der Waals surface area contributed by atoms with E-state index in [-0.39, 0.29) is 0 Å². The molecule has 4 heteroatoms. The maximum atomic E-state index is 6.20. The van der Waals surface area contributed by atoms with Crippen LogP contribution in [-0.2, 0) is 13.1 Å². The highest BCUT2D eigenvalue weighted by Gasteiger charge is 2.13. The average molecular weight is 320 g/mol. The molecule has 1 aromatic carbocycles. The summed E-state index contributed by atoms with van der Waals surface area (Å²) in [5.74, 6) is 0.814. The Balaban J connectivity index is 1.70. The van der Waals surface area contributed by atoms with Gasteiger partial charge in [-0.3, -0.25) is 0 Å². The third-order valence-corrected chi connectivity index (χ3v) is 4.83. The molecule has 0 spiro atoms. The van der Waals surface area contributed by atoms with Crippen molar-refractivity contribution in [3.05, 3.63) is 35.0 Å². The fourth-order valence-corrected chi connectivity index (χ4v) is 3.58. The Kier molecular flexibility index (Phi) is 5.40. The van der Waals surface area contributed by atoms with Gasteiger partial charge in [0.25, 0.3) is 0 Å². The van der Waals surface area contributed by atoms with E-state index in [2.05, 4.69) is 40.5 Å². The molecule has 22 heavy (non-hydrogen) atoms.